The van der Waals surface area contributed by atoms with Gasteiger partial charge >= 0.3 is 0 Å². The number of rotatable bonds is 6. The highest BCUT2D eigenvalue weighted by atomic mass is 35.5. The molecule has 0 amide bonds. The van der Waals surface area contributed by atoms with Crippen LogP contribution in [0.5, 0.6) is 0 Å². The van der Waals surface area contributed by atoms with Gasteiger partial charge in [-0.1, -0.05) is 30.7 Å². The molecule has 20 heavy (non-hydrogen) atoms. The molecule has 1 rings (SSSR count). The molecule has 1 aromatic carbocycles. The topological polar surface area (TPSA) is 46.2 Å². The van der Waals surface area contributed by atoms with Crippen LogP contribution in [-0.2, 0) is 9.84 Å². The Morgan fingerprint density at radius 2 is 1.95 bits per heavy atom. The molecule has 0 aliphatic carbocycles. The molecular formula is C15H24ClNO2S. The van der Waals surface area contributed by atoms with E-state index in [0.717, 1.165) is 24.1 Å². The van der Waals surface area contributed by atoms with Gasteiger partial charge in [0.1, 0.15) is 0 Å². The summed E-state index contributed by atoms with van der Waals surface area (Å²) in [7, 11) is -3.21. The van der Waals surface area contributed by atoms with Gasteiger partial charge in [-0.05, 0) is 50.9 Å². The van der Waals surface area contributed by atoms with Crippen molar-refractivity contribution in [3.05, 3.63) is 34.3 Å². The van der Waals surface area contributed by atoms with Gasteiger partial charge in [0.2, 0.25) is 0 Å². The van der Waals surface area contributed by atoms with E-state index in [-0.39, 0.29) is 6.04 Å². The largest absolute Gasteiger partial charge is 0.309 e. The molecule has 1 unspecified atom stereocenters. The van der Waals surface area contributed by atoms with E-state index in [1.807, 2.05) is 25.1 Å². The van der Waals surface area contributed by atoms with E-state index in [9.17, 15) is 8.42 Å². The SMILES string of the molecule is CCCNC(c1ccc(C)c(Cl)c1)C(C)(C)S(C)(=O)=O. The van der Waals surface area contributed by atoms with Gasteiger partial charge in [0, 0.05) is 11.3 Å². The number of benzene rings is 1. The van der Waals surface area contributed by atoms with Gasteiger partial charge in [0.25, 0.3) is 0 Å². The standard InChI is InChI=1S/C15H24ClNO2S/c1-6-9-17-14(15(3,4)20(5,18)19)12-8-7-11(2)13(16)10-12/h7-8,10,14,17H,6,9H2,1-5H3. The Kier molecular flexibility index (Phi) is 5.64. The molecule has 0 bridgehead atoms. The zero-order chi connectivity index (χ0) is 15.6. The van der Waals surface area contributed by atoms with Crippen LogP contribution in [0.1, 0.15) is 44.4 Å². The van der Waals surface area contributed by atoms with Gasteiger partial charge in [-0.3, -0.25) is 0 Å². The predicted octanol–water partition coefficient (Wildman–Crippen LogP) is 3.51. The first-order valence-electron chi connectivity index (χ1n) is 6.80. The van der Waals surface area contributed by atoms with Gasteiger partial charge in [0.15, 0.2) is 9.84 Å². The Bertz CT molecular complexity index is 567. The first kappa shape index (κ1) is 17.5. The first-order valence-corrected chi connectivity index (χ1v) is 9.07. The van der Waals surface area contributed by atoms with Crippen LogP contribution >= 0.6 is 11.6 Å². The molecule has 0 aliphatic rings. The van der Waals surface area contributed by atoms with E-state index in [1.54, 1.807) is 13.8 Å². The van der Waals surface area contributed by atoms with Crippen LogP contribution in [0.3, 0.4) is 0 Å². The van der Waals surface area contributed by atoms with Gasteiger partial charge in [0.05, 0.1) is 10.8 Å². The second-order valence-electron chi connectivity index (χ2n) is 5.77. The molecule has 1 N–H and O–H groups in total. The lowest BCUT2D eigenvalue weighted by Crippen LogP contribution is -2.45. The molecule has 1 atom stereocenters. The van der Waals surface area contributed by atoms with E-state index in [0.29, 0.717) is 5.02 Å². The highest BCUT2D eigenvalue weighted by molar-refractivity contribution is 7.92. The maximum Gasteiger partial charge on any atom is 0.154 e. The smallest absolute Gasteiger partial charge is 0.154 e. The number of sulfone groups is 1. The van der Waals surface area contributed by atoms with E-state index in [1.165, 1.54) is 6.26 Å². The molecule has 114 valence electrons. The number of halogens is 1. The van der Waals surface area contributed by atoms with Crippen molar-refractivity contribution in [3.8, 4) is 0 Å². The fourth-order valence-electron chi connectivity index (χ4n) is 2.06. The lowest BCUT2D eigenvalue weighted by Gasteiger charge is -2.34. The van der Waals surface area contributed by atoms with Crippen LogP contribution in [0.4, 0.5) is 0 Å². The molecule has 1 aromatic rings. The number of hydrogen-bond acceptors (Lipinski definition) is 3. The predicted molar refractivity (Wildman–Crippen MR) is 86.1 cm³/mol. The Balaban J connectivity index is 3.28. The van der Waals surface area contributed by atoms with Crippen molar-refractivity contribution in [1.29, 1.82) is 0 Å². The lowest BCUT2D eigenvalue weighted by atomic mass is 9.94. The van der Waals surface area contributed by atoms with Gasteiger partial charge < -0.3 is 5.32 Å². The molecule has 0 fully saturated rings. The maximum atomic E-state index is 12.1. The monoisotopic (exact) mass is 317 g/mol. The molecule has 0 aliphatic heterocycles. The number of nitrogens with one attached hydrogen (secondary N) is 1. The van der Waals surface area contributed by atoms with Crippen LogP contribution in [0.15, 0.2) is 18.2 Å². The first-order chi connectivity index (χ1) is 9.11. The second-order valence-corrected chi connectivity index (χ2v) is 8.78. The van der Waals surface area contributed by atoms with Crippen molar-refractivity contribution in [2.75, 3.05) is 12.8 Å². The summed E-state index contributed by atoms with van der Waals surface area (Å²) in [5, 5.41) is 4.00. The zero-order valence-corrected chi connectivity index (χ0v) is 14.4. The van der Waals surface area contributed by atoms with Crippen molar-refractivity contribution in [2.45, 2.75) is 44.9 Å². The normalized spacial score (nSPS) is 14.3. The second kappa shape index (κ2) is 6.46. The molecule has 0 radical (unpaired) electrons. The van der Waals surface area contributed by atoms with Crippen LogP contribution in [0, 0.1) is 6.92 Å². The summed E-state index contributed by atoms with van der Waals surface area (Å²) in [5.41, 5.74) is 1.89. The minimum absolute atomic E-state index is 0.282. The quantitative estimate of drug-likeness (QED) is 0.873. The minimum Gasteiger partial charge on any atom is -0.309 e. The third-order valence-corrected chi connectivity index (χ3v) is 6.33. The van der Waals surface area contributed by atoms with Gasteiger partial charge in [-0.25, -0.2) is 8.42 Å². The Labute approximate surface area is 127 Å². The van der Waals surface area contributed by atoms with Crippen molar-refractivity contribution in [1.82, 2.24) is 5.32 Å². The average molecular weight is 318 g/mol. The highest BCUT2D eigenvalue weighted by Gasteiger charge is 2.39. The van der Waals surface area contributed by atoms with Gasteiger partial charge in [-0.2, -0.15) is 0 Å². The van der Waals surface area contributed by atoms with Crippen molar-refractivity contribution in [3.63, 3.8) is 0 Å². The highest BCUT2D eigenvalue weighted by Crippen LogP contribution is 2.34. The lowest BCUT2D eigenvalue weighted by molar-refractivity contribution is 0.420. The third-order valence-electron chi connectivity index (χ3n) is 3.78. The zero-order valence-electron chi connectivity index (χ0n) is 12.8. The van der Waals surface area contributed by atoms with E-state index in [2.05, 4.69) is 12.2 Å². The molecule has 0 aromatic heterocycles. The van der Waals surface area contributed by atoms with Crippen molar-refractivity contribution < 1.29 is 8.42 Å². The van der Waals surface area contributed by atoms with Crippen molar-refractivity contribution in [2.24, 2.45) is 0 Å². The van der Waals surface area contributed by atoms with Crippen molar-refractivity contribution >= 4 is 21.4 Å². The molecular weight excluding hydrogens is 294 g/mol. The molecule has 0 spiro atoms. The summed E-state index contributed by atoms with van der Waals surface area (Å²) in [6, 6.07) is 5.45. The molecule has 5 heteroatoms. The Morgan fingerprint density at radius 3 is 2.40 bits per heavy atom. The molecule has 0 saturated carbocycles. The molecule has 0 heterocycles. The van der Waals surface area contributed by atoms with Crippen LogP contribution in [0.25, 0.3) is 0 Å². The van der Waals surface area contributed by atoms with E-state index >= 15 is 0 Å². The fraction of sp³-hybridized carbons (Fsp3) is 0.600. The summed E-state index contributed by atoms with van der Waals surface area (Å²) < 4.78 is 23.3. The number of aryl methyl sites for hydroxylation is 1. The summed E-state index contributed by atoms with van der Waals surface area (Å²) in [6.07, 6.45) is 2.22. The molecule has 0 saturated heterocycles. The maximum absolute atomic E-state index is 12.1. The Hall–Kier alpha value is -0.580. The summed E-state index contributed by atoms with van der Waals surface area (Å²) in [6.45, 7) is 8.25. The van der Waals surface area contributed by atoms with E-state index < -0.39 is 14.6 Å². The molecule has 3 nitrogen and oxygen atoms in total. The summed E-state index contributed by atoms with van der Waals surface area (Å²) >= 11 is 6.18. The number of hydrogen-bond donors (Lipinski definition) is 1. The van der Waals surface area contributed by atoms with Crippen LogP contribution < -0.4 is 5.32 Å². The minimum atomic E-state index is -3.21. The summed E-state index contributed by atoms with van der Waals surface area (Å²) in [4.78, 5) is 0. The summed E-state index contributed by atoms with van der Waals surface area (Å²) in [5.74, 6) is 0. The average Bonchev–Trinajstić information content (AvgIpc) is 2.32. The fourth-order valence-corrected chi connectivity index (χ4v) is 2.89. The van der Waals surface area contributed by atoms with Crippen LogP contribution in [0.2, 0.25) is 5.02 Å². The van der Waals surface area contributed by atoms with E-state index in [4.69, 9.17) is 11.6 Å². The third kappa shape index (κ3) is 3.74. The van der Waals surface area contributed by atoms with Crippen LogP contribution in [-0.4, -0.2) is 26.0 Å². The van der Waals surface area contributed by atoms with Gasteiger partial charge in [-0.15, -0.1) is 0 Å². The Morgan fingerprint density at radius 1 is 1.35 bits per heavy atom.